The van der Waals surface area contributed by atoms with Crippen molar-refractivity contribution in [2.45, 2.75) is 12.8 Å². The summed E-state index contributed by atoms with van der Waals surface area (Å²) in [7, 11) is 0. The Morgan fingerprint density at radius 1 is 1.41 bits per heavy atom. The first-order valence-electron chi connectivity index (χ1n) is 5.38. The normalized spacial score (nSPS) is 14.5. The Morgan fingerprint density at radius 3 is 3.00 bits per heavy atom. The number of fused-ring (bicyclic) bond motifs is 1. The summed E-state index contributed by atoms with van der Waals surface area (Å²) in [5.41, 5.74) is 2.91. The number of allylic oxidation sites excluding steroid dienone is 1. The zero-order valence-corrected chi connectivity index (χ0v) is 9.96. The second-order valence-electron chi connectivity index (χ2n) is 3.90. The molecule has 0 bridgehead atoms. The highest BCUT2D eigenvalue weighted by Gasteiger charge is 2.13. The van der Waals surface area contributed by atoms with Crippen LogP contribution in [-0.2, 0) is 16.0 Å². The Kier molecular flexibility index (Phi) is 3.59. The van der Waals surface area contributed by atoms with Crippen LogP contribution in [0.25, 0.3) is 6.08 Å². The topological polar surface area (TPSA) is 46.2 Å². The van der Waals surface area contributed by atoms with Gasteiger partial charge in [0.2, 0.25) is 5.91 Å². The van der Waals surface area contributed by atoms with Crippen molar-refractivity contribution in [3.05, 3.63) is 35.4 Å². The molecule has 1 heterocycles. The molecule has 0 aliphatic carbocycles. The largest absolute Gasteiger partial charge is 0.326 e. The van der Waals surface area contributed by atoms with Crippen LogP contribution in [0.5, 0.6) is 0 Å². The lowest BCUT2D eigenvalue weighted by atomic mass is 10.00. The van der Waals surface area contributed by atoms with Crippen LogP contribution in [-0.4, -0.2) is 17.6 Å². The average Bonchev–Trinajstić information content (AvgIpc) is 2.35. The number of nitrogens with one attached hydrogen (secondary N) is 1. The molecular formula is C13H12ClNO2. The van der Waals surface area contributed by atoms with E-state index in [1.807, 2.05) is 18.2 Å². The fraction of sp³-hybridized carbons (Fsp3) is 0.231. The highest BCUT2D eigenvalue weighted by molar-refractivity contribution is 6.29. The maximum Gasteiger partial charge on any atom is 0.224 e. The zero-order valence-electron chi connectivity index (χ0n) is 9.20. The minimum absolute atomic E-state index is 0.00248. The fourth-order valence-corrected chi connectivity index (χ4v) is 1.83. The summed E-state index contributed by atoms with van der Waals surface area (Å²) in [6.45, 7) is 0. The van der Waals surface area contributed by atoms with Crippen molar-refractivity contribution in [3.63, 3.8) is 0 Å². The fourth-order valence-electron chi connectivity index (χ4n) is 1.74. The lowest BCUT2D eigenvalue weighted by Gasteiger charge is -2.16. The van der Waals surface area contributed by atoms with Gasteiger partial charge in [-0.2, -0.15) is 0 Å². The molecule has 1 N–H and O–H groups in total. The molecule has 0 unspecified atom stereocenters. The summed E-state index contributed by atoms with van der Waals surface area (Å²) >= 11 is 5.40. The van der Waals surface area contributed by atoms with Crippen LogP contribution in [0.2, 0.25) is 0 Å². The number of alkyl halides is 1. The first-order valence-corrected chi connectivity index (χ1v) is 5.92. The van der Waals surface area contributed by atoms with Gasteiger partial charge < -0.3 is 5.32 Å². The van der Waals surface area contributed by atoms with Crippen molar-refractivity contribution in [1.29, 1.82) is 0 Å². The molecule has 0 spiro atoms. The monoisotopic (exact) mass is 249 g/mol. The predicted octanol–water partition coefficient (Wildman–Crippen LogP) is 2.39. The minimum atomic E-state index is -0.113. The van der Waals surface area contributed by atoms with Crippen molar-refractivity contribution < 1.29 is 9.59 Å². The van der Waals surface area contributed by atoms with Gasteiger partial charge in [-0.25, -0.2) is 0 Å². The van der Waals surface area contributed by atoms with Gasteiger partial charge in [-0.3, -0.25) is 9.59 Å². The highest BCUT2D eigenvalue weighted by Crippen LogP contribution is 2.23. The number of anilines is 1. The van der Waals surface area contributed by atoms with Gasteiger partial charge in [-0.05, 0) is 35.8 Å². The van der Waals surface area contributed by atoms with E-state index in [4.69, 9.17) is 11.6 Å². The van der Waals surface area contributed by atoms with E-state index in [1.165, 1.54) is 6.08 Å². The van der Waals surface area contributed by atoms with Crippen molar-refractivity contribution in [2.75, 3.05) is 11.2 Å². The van der Waals surface area contributed by atoms with E-state index >= 15 is 0 Å². The molecular weight excluding hydrogens is 238 g/mol. The van der Waals surface area contributed by atoms with Crippen LogP contribution in [0.3, 0.4) is 0 Å². The van der Waals surface area contributed by atoms with Crippen LogP contribution >= 0.6 is 11.6 Å². The van der Waals surface area contributed by atoms with Gasteiger partial charge in [0.25, 0.3) is 0 Å². The van der Waals surface area contributed by atoms with Crippen molar-refractivity contribution in [3.8, 4) is 0 Å². The number of carbonyl (C=O) groups excluding carboxylic acids is 2. The van der Waals surface area contributed by atoms with Crippen LogP contribution < -0.4 is 5.32 Å². The Morgan fingerprint density at radius 2 is 2.24 bits per heavy atom. The number of benzene rings is 1. The minimum Gasteiger partial charge on any atom is -0.326 e. The summed E-state index contributed by atoms with van der Waals surface area (Å²) in [6, 6.07) is 5.70. The molecule has 1 aromatic carbocycles. The number of rotatable bonds is 3. The summed E-state index contributed by atoms with van der Waals surface area (Å²) < 4.78 is 0. The third-order valence-corrected chi connectivity index (χ3v) is 2.88. The number of hydrogen-bond donors (Lipinski definition) is 1. The van der Waals surface area contributed by atoms with E-state index in [2.05, 4.69) is 5.32 Å². The standard InChI is InChI=1S/C13H12ClNO2/c14-8-11(16)4-1-9-2-5-12-10(7-9)3-6-13(17)15-12/h1-2,4-5,7H,3,6,8H2,(H,15,17). The van der Waals surface area contributed by atoms with Crippen LogP contribution in [0.4, 0.5) is 5.69 Å². The smallest absolute Gasteiger partial charge is 0.224 e. The third kappa shape index (κ3) is 2.94. The molecule has 1 aromatic rings. The van der Waals surface area contributed by atoms with E-state index in [-0.39, 0.29) is 17.6 Å². The Bertz CT molecular complexity index is 494. The molecule has 1 amide bonds. The van der Waals surface area contributed by atoms with E-state index in [0.29, 0.717) is 6.42 Å². The van der Waals surface area contributed by atoms with E-state index in [1.54, 1.807) is 6.08 Å². The molecule has 0 saturated carbocycles. The van der Waals surface area contributed by atoms with Gasteiger partial charge in [-0.15, -0.1) is 11.6 Å². The third-order valence-electron chi connectivity index (χ3n) is 2.62. The lowest BCUT2D eigenvalue weighted by molar-refractivity contribution is -0.116. The summed E-state index contributed by atoms with van der Waals surface area (Å²) in [5, 5.41) is 2.81. The number of ketones is 1. The molecule has 0 aromatic heterocycles. The SMILES string of the molecule is O=C(C=Cc1ccc2c(c1)CCC(=O)N2)CCl. The van der Waals surface area contributed by atoms with Crippen LogP contribution in [0.15, 0.2) is 24.3 Å². The molecule has 3 nitrogen and oxygen atoms in total. The number of carbonyl (C=O) groups is 2. The Labute approximate surface area is 104 Å². The maximum atomic E-state index is 11.2. The summed E-state index contributed by atoms with van der Waals surface area (Å²) in [5.74, 6) is -0.0619. The molecule has 0 fully saturated rings. The zero-order chi connectivity index (χ0) is 12.3. The molecule has 4 heteroatoms. The van der Waals surface area contributed by atoms with Gasteiger partial charge in [0.1, 0.15) is 0 Å². The van der Waals surface area contributed by atoms with Crippen molar-refractivity contribution >= 4 is 35.1 Å². The van der Waals surface area contributed by atoms with Crippen LogP contribution in [0, 0.1) is 0 Å². The summed E-state index contributed by atoms with van der Waals surface area (Å²) in [6.07, 6.45) is 4.46. The van der Waals surface area contributed by atoms with Gasteiger partial charge in [-0.1, -0.05) is 12.1 Å². The van der Waals surface area contributed by atoms with Crippen LogP contribution in [0.1, 0.15) is 17.5 Å². The second kappa shape index (κ2) is 5.15. The molecule has 1 aliphatic heterocycles. The second-order valence-corrected chi connectivity index (χ2v) is 4.17. The Hall–Kier alpha value is -1.61. The van der Waals surface area contributed by atoms with Gasteiger partial charge >= 0.3 is 0 Å². The first-order chi connectivity index (χ1) is 8.19. The van der Waals surface area contributed by atoms with Gasteiger partial charge in [0.15, 0.2) is 5.78 Å². The van der Waals surface area contributed by atoms with E-state index in [9.17, 15) is 9.59 Å². The van der Waals surface area contributed by atoms with Crippen molar-refractivity contribution in [1.82, 2.24) is 0 Å². The molecule has 0 atom stereocenters. The molecule has 0 saturated heterocycles. The van der Waals surface area contributed by atoms with Gasteiger partial charge in [0, 0.05) is 12.1 Å². The highest BCUT2D eigenvalue weighted by atomic mass is 35.5. The molecule has 17 heavy (non-hydrogen) atoms. The quantitative estimate of drug-likeness (QED) is 0.660. The van der Waals surface area contributed by atoms with Gasteiger partial charge in [0.05, 0.1) is 5.88 Å². The number of halogens is 1. The lowest BCUT2D eigenvalue weighted by Crippen LogP contribution is -2.18. The summed E-state index contributed by atoms with van der Waals surface area (Å²) in [4.78, 5) is 22.2. The maximum absolute atomic E-state index is 11.2. The number of aryl methyl sites for hydroxylation is 1. The Balaban J connectivity index is 2.19. The molecule has 2 rings (SSSR count). The number of hydrogen-bond acceptors (Lipinski definition) is 2. The van der Waals surface area contributed by atoms with E-state index in [0.717, 1.165) is 23.2 Å². The average molecular weight is 250 g/mol. The predicted molar refractivity (Wildman–Crippen MR) is 68.2 cm³/mol. The van der Waals surface area contributed by atoms with E-state index < -0.39 is 0 Å². The number of amides is 1. The van der Waals surface area contributed by atoms with Crippen molar-refractivity contribution in [2.24, 2.45) is 0 Å². The molecule has 88 valence electrons. The first kappa shape index (κ1) is 11.9. The molecule has 1 aliphatic rings. The molecule has 0 radical (unpaired) electrons.